The van der Waals surface area contributed by atoms with E-state index in [9.17, 15) is 0 Å². The van der Waals surface area contributed by atoms with Gasteiger partial charge in [-0.05, 0) is 6.92 Å². The van der Waals surface area contributed by atoms with Gasteiger partial charge in [0.25, 0.3) is 0 Å². The Morgan fingerprint density at radius 1 is 1.70 bits per heavy atom. The number of hydrogen-bond acceptors (Lipinski definition) is 2. The molecular weight excluding hydrogens is 196 g/mol. The third-order valence-electron chi connectivity index (χ3n) is 1.76. The van der Waals surface area contributed by atoms with E-state index in [0.29, 0.717) is 0 Å². The van der Waals surface area contributed by atoms with Gasteiger partial charge in [-0.3, -0.25) is 0 Å². The summed E-state index contributed by atoms with van der Waals surface area (Å²) in [5, 5.41) is 0.883. The van der Waals surface area contributed by atoms with Gasteiger partial charge in [0.1, 0.15) is 5.60 Å². The predicted octanol–water partition coefficient (Wildman–Crippen LogP) is 1.58. The van der Waals surface area contributed by atoms with Gasteiger partial charge in [-0.25, -0.2) is 0 Å². The minimum Gasteiger partial charge on any atom is -0.378 e. The molecule has 1 atom stereocenters. The summed E-state index contributed by atoms with van der Waals surface area (Å²) in [6, 6.07) is 0. The van der Waals surface area contributed by atoms with Crippen molar-refractivity contribution >= 4 is 15.9 Å². The van der Waals surface area contributed by atoms with Crippen molar-refractivity contribution < 1.29 is 9.47 Å². The SMILES string of the molecule is CCOC1(CBr)CCOC1. The molecule has 0 aliphatic carbocycles. The van der Waals surface area contributed by atoms with Crippen molar-refractivity contribution in [2.75, 3.05) is 25.2 Å². The van der Waals surface area contributed by atoms with Crippen LogP contribution in [0.1, 0.15) is 13.3 Å². The molecule has 0 aromatic rings. The van der Waals surface area contributed by atoms with Gasteiger partial charge in [-0.2, -0.15) is 0 Å². The van der Waals surface area contributed by atoms with Crippen LogP contribution in [0.2, 0.25) is 0 Å². The zero-order valence-electron chi connectivity index (χ0n) is 6.23. The molecule has 1 aliphatic rings. The maximum Gasteiger partial charge on any atom is 0.103 e. The minimum absolute atomic E-state index is 0.0191. The van der Waals surface area contributed by atoms with Gasteiger partial charge in [0.15, 0.2) is 0 Å². The Labute approximate surface area is 70.0 Å². The van der Waals surface area contributed by atoms with Gasteiger partial charge in [-0.1, -0.05) is 15.9 Å². The molecule has 0 bridgehead atoms. The molecule has 10 heavy (non-hydrogen) atoms. The molecule has 0 amide bonds. The van der Waals surface area contributed by atoms with E-state index in [1.807, 2.05) is 6.92 Å². The van der Waals surface area contributed by atoms with E-state index in [-0.39, 0.29) is 5.60 Å². The van der Waals surface area contributed by atoms with E-state index >= 15 is 0 Å². The Balaban J connectivity index is 2.41. The first-order valence-corrected chi connectivity index (χ1v) is 4.73. The minimum atomic E-state index is -0.0191. The van der Waals surface area contributed by atoms with Crippen LogP contribution in [0.15, 0.2) is 0 Å². The first kappa shape index (κ1) is 8.50. The molecule has 0 aromatic carbocycles. The maximum atomic E-state index is 5.57. The number of ether oxygens (including phenoxy) is 2. The van der Waals surface area contributed by atoms with E-state index in [1.165, 1.54) is 0 Å². The quantitative estimate of drug-likeness (QED) is 0.657. The third-order valence-corrected chi connectivity index (χ3v) is 2.78. The van der Waals surface area contributed by atoms with Crippen molar-refractivity contribution in [3.63, 3.8) is 0 Å². The molecule has 0 saturated carbocycles. The molecule has 1 saturated heterocycles. The lowest BCUT2D eigenvalue weighted by atomic mass is 10.1. The second-order valence-corrected chi connectivity index (χ2v) is 3.11. The van der Waals surface area contributed by atoms with Crippen LogP contribution in [0.5, 0.6) is 0 Å². The molecular formula is C7H13BrO2. The molecule has 0 spiro atoms. The van der Waals surface area contributed by atoms with Crippen LogP contribution in [-0.4, -0.2) is 30.8 Å². The largest absolute Gasteiger partial charge is 0.378 e. The van der Waals surface area contributed by atoms with Crippen molar-refractivity contribution in [2.24, 2.45) is 0 Å². The average Bonchev–Trinajstić information content (AvgIpc) is 2.39. The Morgan fingerprint density at radius 3 is 2.90 bits per heavy atom. The van der Waals surface area contributed by atoms with Crippen molar-refractivity contribution in [2.45, 2.75) is 18.9 Å². The Bertz CT molecular complexity index is 99.8. The van der Waals surface area contributed by atoms with E-state index in [1.54, 1.807) is 0 Å². The van der Waals surface area contributed by atoms with Crippen molar-refractivity contribution in [3.05, 3.63) is 0 Å². The zero-order chi connectivity index (χ0) is 7.45. The second kappa shape index (κ2) is 3.69. The summed E-state index contributed by atoms with van der Waals surface area (Å²) in [5.74, 6) is 0. The summed E-state index contributed by atoms with van der Waals surface area (Å²) in [5.41, 5.74) is -0.0191. The van der Waals surface area contributed by atoms with Crippen LogP contribution >= 0.6 is 15.9 Å². The highest BCUT2D eigenvalue weighted by molar-refractivity contribution is 9.09. The molecule has 60 valence electrons. The van der Waals surface area contributed by atoms with Crippen LogP contribution in [0.3, 0.4) is 0 Å². The van der Waals surface area contributed by atoms with Crippen molar-refractivity contribution in [1.29, 1.82) is 0 Å². The summed E-state index contributed by atoms with van der Waals surface area (Å²) < 4.78 is 10.8. The van der Waals surface area contributed by atoms with Crippen LogP contribution in [0.4, 0.5) is 0 Å². The van der Waals surface area contributed by atoms with Gasteiger partial charge < -0.3 is 9.47 Å². The number of alkyl halides is 1. The third kappa shape index (κ3) is 1.71. The van der Waals surface area contributed by atoms with E-state index in [2.05, 4.69) is 15.9 Å². The van der Waals surface area contributed by atoms with Crippen LogP contribution < -0.4 is 0 Å². The highest BCUT2D eigenvalue weighted by atomic mass is 79.9. The van der Waals surface area contributed by atoms with E-state index < -0.39 is 0 Å². The van der Waals surface area contributed by atoms with Gasteiger partial charge in [0.2, 0.25) is 0 Å². The summed E-state index contributed by atoms with van der Waals surface area (Å²) in [7, 11) is 0. The fourth-order valence-electron chi connectivity index (χ4n) is 1.15. The Hall–Kier alpha value is 0.400. The standard InChI is InChI=1S/C7H13BrO2/c1-2-10-7(5-8)3-4-9-6-7/h2-6H2,1H3. The van der Waals surface area contributed by atoms with Gasteiger partial charge in [-0.15, -0.1) is 0 Å². The molecule has 0 aromatic heterocycles. The maximum absolute atomic E-state index is 5.57. The fourth-order valence-corrected chi connectivity index (χ4v) is 1.76. The van der Waals surface area contributed by atoms with E-state index in [4.69, 9.17) is 9.47 Å². The predicted molar refractivity (Wildman–Crippen MR) is 43.6 cm³/mol. The van der Waals surface area contributed by atoms with Crippen molar-refractivity contribution in [3.8, 4) is 0 Å². The van der Waals surface area contributed by atoms with Crippen LogP contribution in [0, 0.1) is 0 Å². The average molecular weight is 209 g/mol. The normalized spacial score (nSPS) is 33.0. The van der Waals surface area contributed by atoms with Gasteiger partial charge in [0, 0.05) is 25.0 Å². The molecule has 0 radical (unpaired) electrons. The smallest absolute Gasteiger partial charge is 0.103 e. The molecule has 1 rings (SSSR count). The number of hydrogen-bond donors (Lipinski definition) is 0. The summed E-state index contributed by atoms with van der Waals surface area (Å²) in [4.78, 5) is 0. The summed E-state index contributed by atoms with van der Waals surface area (Å²) >= 11 is 3.43. The highest BCUT2D eigenvalue weighted by Gasteiger charge is 2.34. The van der Waals surface area contributed by atoms with E-state index in [0.717, 1.165) is 31.6 Å². The summed E-state index contributed by atoms with van der Waals surface area (Å²) in [6.07, 6.45) is 1.02. The Morgan fingerprint density at radius 2 is 2.50 bits per heavy atom. The molecule has 1 unspecified atom stereocenters. The second-order valence-electron chi connectivity index (χ2n) is 2.55. The molecule has 3 heteroatoms. The first-order valence-electron chi connectivity index (χ1n) is 3.61. The zero-order valence-corrected chi connectivity index (χ0v) is 7.82. The lowest BCUT2D eigenvalue weighted by Gasteiger charge is -2.24. The fraction of sp³-hybridized carbons (Fsp3) is 1.00. The number of halogens is 1. The number of rotatable bonds is 3. The monoisotopic (exact) mass is 208 g/mol. The van der Waals surface area contributed by atoms with Crippen molar-refractivity contribution in [1.82, 2.24) is 0 Å². The lowest BCUT2D eigenvalue weighted by molar-refractivity contribution is -0.0246. The summed E-state index contributed by atoms with van der Waals surface area (Å²) in [6.45, 7) is 4.37. The van der Waals surface area contributed by atoms with Gasteiger partial charge >= 0.3 is 0 Å². The Kier molecular flexibility index (Phi) is 3.14. The van der Waals surface area contributed by atoms with Crippen LogP contribution in [-0.2, 0) is 9.47 Å². The molecule has 1 aliphatic heterocycles. The van der Waals surface area contributed by atoms with Gasteiger partial charge in [0.05, 0.1) is 6.61 Å². The molecule has 1 fully saturated rings. The molecule has 0 N–H and O–H groups in total. The lowest BCUT2D eigenvalue weighted by Crippen LogP contribution is -2.34. The topological polar surface area (TPSA) is 18.5 Å². The molecule has 2 nitrogen and oxygen atoms in total. The first-order chi connectivity index (χ1) is 4.83. The van der Waals surface area contributed by atoms with Crippen LogP contribution in [0.25, 0.3) is 0 Å². The molecule has 1 heterocycles. The highest BCUT2D eigenvalue weighted by Crippen LogP contribution is 2.24.